The van der Waals surface area contributed by atoms with E-state index >= 15 is 0 Å². The highest BCUT2D eigenvalue weighted by Crippen LogP contribution is 2.15. The van der Waals surface area contributed by atoms with Gasteiger partial charge in [-0.25, -0.2) is 0 Å². The highest BCUT2D eigenvalue weighted by Gasteiger charge is 2.09. The van der Waals surface area contributed by atoms with Crippen molar-refractivity contribution in [3.8, 4) is 0 Å². The first kappa shape index (κ1) is 10.7. The molecule has 0 aliphatic heterocycles. The maximum atomic E-state index is 11.0. The van der Waals surface area contributed by atoms with Crippen molar-refractivity contribution in [3.05, 3.63) is 0 Å². The fourth-order valence-corrected chi connectivity index (χ4v) is 1.45. The second kappa shape index (κ2) is 5.35. The second-order valence-corrected chi connectivity index (χ2v) is 4.08. The van der Waals surface area contributed by atoms with Crippen LogP contribution < -0.4 is 0 Å². The van der Waals surface area contributed by atoms with Crippen LogP contribution in [0, 0.1) is 0 Å². The molecule has 0 radical (unpaired) electrons. The zero-order valence-electron chi connectivity index (χ0n) is 7.22. The molecule has 0 saturated heterocycles. The lowest BCUT2D eigenvalue weighted by Crippen LogP contribution is -2.04. The van der Waals surface area contributed by atoms with E-state index in [0.717, 1.165) is 6.42 Å². The molecule has 0 aromatic rings. The van der Waals surface area contributed by atoms with Gasteiger partial charge < -0.3 is 0 Å². The molecular formula is C8H14O2S. The lowest BCUT2D eigenvalue weighted by atomic mass is 10.3. The van der Waals surface area contributed by atoms with Crippen LogP contribution in [0.15, 0.2) is 0 Å². The summed E-state index contributed by atoms with van der Waals surface area (Å²) in [4.78, 5) is 21.5. The van der Waals surface area contributed by atoms with Gasteiger partial charge in [0.2, 0.25) is 0 Å². The van der Waals surface area contributed by atoms with E-state index in [0.29, 0.717) is 5.25 Å². The molecule has 11 heavy (non-hydrogen) atoms. The molecule has 0 aliphatic rings. The van der Waals surface area contributed by atoms with Crippen molar-refractivity contribution < 1.29 is 9.59 Å². The molecule has 64 valence electrons. The van der Waals surface area contributed by atoms with E-state index in [4.69, 9.17) is 0 Å². The zero-order chi connectivity index (χ0) is 8.85. The summed E-state index contributed by atoms with van der Waals surface area (Å²) in [6, 6.07) is 0. The van der Waals surface area contributed by atoms with Gasteiger partial charge in [0.1, 0.15) is 5.78 Å². The Morgan fingerprint density at radius 2 is 2.00 bits per heavy atom. The minimum absolute atomic E-state index is 0.00755. The fraction of sp³-hybridized carbons (Fsp3) is 0.750. The molecule has 0 aliphatic carbocycles. The van der Waals surface area contributed by atoms with Gasteiger partial charge in [-0.2, -0.15) is 0 Å². The molecule has 0 aromatic heterocycles. The van der Waals surface area contributed by atoms with E-state index in [1.807, 2.05) is 13.8 Å². The van der Waals surface area contributed by atoms with Gasteiger partial charge in [0, 0.05) is 5.25 Å². The Kier molecular flexibility index (Phi) is 5.20. The summed E-state index contributed by atoms with van der Waals surface area (Å²) in [5.41, 5.74) is 0. The molecule has 0 fully saturated rings. The first-order valence-electron chi connectivity index (χ1n) is 3.75. The molecule has 0 aromatic carbocycles. The average Bonchev–Trinajstić information content (AvgIpc) is 1.85. The van der Waals surface area contributed by atoms with Crippen LogP contribution in [0.3, 0.4) is 0 Å². The molecule has 0 spiro atoms. The number of hydrogen-bond acceptors (Lipinski definition) is 3. The molecule has 1 atom stereocenters. The van der Waals surface area contributed by atoms with Gasteiger partial charge in [-0.1, -0.05) is 25.6 Å². The van der Waals surface area contributed by atoms with Crippen LogP contribution in [0.25, 0.3) is 0 Å². The summed E-state index contributed by atoms with van der Waals surface area (Å²) < 4.78 is 0. The molecule has 0 heterocycles. The van der Waals surface area contributed by atoms with E-state index in [-0.39, 0.29) is 17.3 Å². The van der Waals surface area contributed by atoms with E-state index in [1.54, 1.807) is 0 Å². The summed E-state index contributed by atoms with van der Waals surface area (Å²) >= 11 is 1.27. The lowest BCUT2D eigenvalue weighted by molar-refractivity contribution is -0.121. The lowest BCUT2D eigenvalue weighted by Gasteiger charge is -2.04. The van der Waals surface area contributed by atoms with Gasteiger partial charge in [0.15, 0.2) is 5.12 Å². The Balaban J connectivity index is 3.60. The molecular weight excluding hydrogens is 160 g/mol. The Morgan fingerprint density at radius 1 is 1.45 bits per heavy atom. The summed E-state index contributed by atoms with van der Waals surface area (Å²) in [6.07, 6.45) is 1.04. The summed E-state index contributed by atoms with van der Waals surface area (Å²) in [5.74, 6) is -0.0502. The van der Waals surface area contributed by atoms with Crippen LogP contribution in [0.4, 0.5) is 0 Å². The quantitative estimate of drug-likeness (QED) is 0.611. The molecule has 0 saturated carbocycles. The van der Waals surface area contributed by atoms with Crippen molar-refractivity contribution in [2.75, 3.05) is 0 Å². The normalized spacial score (nSPS) is 12.6. The Hall–Kier alpha value is -0.310. The van der Waals surface area contributed by atoms with E-state index in [2.05, 4.69) is 0 Å². The van der Waals surface area contributed by atoms with Gasteiger partial charge in [0.05, 0.1) is 6.42 Å². The van der Waals surface area contributed by atoms with Crippen molar-refractivity contribution in [2.45, 2.75) is 38.9 Å². The van der Waals surface area contributed by atoms with Crippen LogP contribution in [-0.4, -0.2) is 16.1 Å². The molecule has 2 nitrogen and oxygen atoms in total. The third kappa shape index (κ3) is 6.10. The number of rotatable bonds is 4. The highest BCUT2D eigenvalue weighted by atomic mass is 32.2. The number of hydrogen-bond donors (Lipinski definition) is 0. The van der Waals surface area contributed by atoms with Gasteiger partial charge >= 0.3 is 0 Å². The van der Waals surface area contributed by atoms with Crippen molar-refractivity contribution in [2.24, 2.45) is 0 Å². The van der Waals surface area contributed by atoms with Crippen LogP contribution in [-0.2, 0) is 9.59 Å². The summed E-state index contributed by atoms with van der Waals surface area (Å²) in [7, 11) is 0. The topological polar surface area (TPSA) is 34.1 Å². The molecule has 1 unspecified atom stereocenters. The zero-order valence-corrected chi connectivity index (χ0v) is 8.03. The Labute approximate surface area is 71.7 Å². The van der Waals surface area contributed by atoms with Crippen molar-refractivity contribution in [3.63, 3.8) is 0 Å². The Morgan fingerprint density at radius 3 is 2.36 bits per heavy atom. The summed E-state index contributed by atoms with van der Waals surface area (Å²) in [6.45, 7) is 5.45. The van der Waals surface area contributed by atoms with Crippen LogP contribution in [0.5, 0.6) is 0 Å². The fourth-order valence-electron chi connectivity index (χ4n) is 0.553. The predicted octanol–water partition coefficient (Wildman–Crippen LogP) is 2.02. The minimum Gasteiger partial charge on any atom is -0.300 e. The van der Waals surface area contributed by atoms with Crippen molar-refractivity contribution in [1.29, 1.82) is 0 Å². The van der Waals surface area contributed by atoms with Gasteiger partial charge in [-0.3, -0.25) is 9.59 Å². The minimum atomic E-state index is -0.0502. The van der Waals surface area contributed by atoms with Gasteiger partial charge in [0.25, 0.3) is 0 Å². The molecule has 0 rings (SSSR count). The number of ketones is 1. The van der Waals surface area contributed by atoms with E-state index in [9.17, 15) is 9.59 Å². The second-order valence-electron chi connectivity index (χ2n) is 2.59. The van der Waals surface area contributed by atoms with Crippen molar-refractivity contribution >= 4 is 22.7 Å². The predicted molar refractivity (Wildman–Crippen MR) is 47.6 cm³/mol. The van der Waals surface area contributed by atoms with Gasteiger partial charge in [-0.15, -0.1) is 0 Å². The SMILES string of the molecule is CCC(C)SC(=O)CC(C)=O. The smallest absolute Gasteiger partial charge is 0.196 e. The largest absolute Gasteiger partial charge is 0.300 e. The first-order chi connectivity index (χ1) is 5.06. The number of thioether (sulfide) groups is 1. The summed E-state index contributed by atoms with van der Waals surface area (Å²) in [5, 5.41) is 0.328. The Bertz CT molecular complexity index is 154. The van der Waals surface area contributed by atoms with Gasteiger partial charge in [-0.05, 0) is 13.3 Å². The molecule has 0 bridgehead atoms. The standard InChI is InChI=1S/C8H14O2S/c1-4-7(3)11-8(10)5-6(2)9/h7H,4-5H2,1-3H3. The maximum absolute atomic E-state index is 11.0. The van der Waals surface area contributed by atoms with Crippen LogP contribution in [0.1, 0.15) is 33.6 Å². The van der Waals surface area contributed by atoms with Crippen molar-refractivity contribution in [1.82, 2.24) is 0 Å². The maximum Gasteiger partial charge on any atom is 0.196 e. The number of Topliss-reactive ketones (excluding diaryl/α,β-unsaturated/α-hetero) is 1. The molecule has 0 amide bonds. The monoisotopic (exact) mass is 174 g/mol. The first-order valence-corrected chi connectivity index (χ1v) is 4.63. The third-order valence-electron chi connectivity index (χ3n) is 1.30. The van der Waals surface area contributed by atoms with Crippen LogP contribution >= 0.6 is 11.8 Å². The van der Waals surface area contributed by atoms with Crippen LogP contribution in [0.2, 0.25) is 0 Å². The molecule has 0 N–H and O–H groups in total. The third-order valence-corrected chi connectivity index (χ3v) is 2.44. The van der Waals surface area contributed by atoms with E-state index in [1.165, 1.54) is 18.7 Å². The molecule has 3 heteroatoms. The van der Waals surface area contributed by atoms with E-state index < -0.39 is 0 Å². The number of carbonyl (C=O) groups is 2. The average molecular weight is 174 g/mol. The number of carbonyl (C=O) groups excluding carboxylic acids is 2. The highest BCUT2D eigenvalue weighted by molar-refractivity contribution is 8.14.